The summed E-state index contributed by atoms with van der Waals surface area (Å²) in [5.74, 6) is 1.10. The minimum atomic E-state index is 0.549. The number of rotatable bonds is 3. The van der Waals surface area contributed by atoms with Gasteiger partial charge in [-0.2, -0.15) is 0 Å². The van der Waals surface area contributed by atoms with Crippen LogP contribution >= 0.6 is 0 Å². The van der Waals surface area contributed by atoms with Crippen molar-refractivity contribution in [1.82, 2.24) is 20.2 Å². The molecule has 1 aromatic carbocycles. The molecule has 0 bridgehead atoms. The fraction of sp³-hybridized carbons (Fsp3) is 0.500. The van der Waals surface area contributed by atoms with Crippen LogP contribution in [0.4, 0.5) is 0 Å². The highest BCUT2D eigenvalue weighted by molar-refractivity contribution is 5.74. The highest BCUT2D eigenvalue weighted by Crippen LogP contribution is 2.13. The molecule has 0 radical (unpaired) electrons. The highest BCUT2D eigenvalue weighted by Gasteiger charge is 2.17. The second kappa shape index (κ2) is 5.08. The van der Waals surface area contributed by atoms with E-state index in [-0.39, 0.29) is 0 Å². The van der Waals surface area contributed by atoms with Gasteiger partial charge in [0.15, 0.2) is 0 Å². The molecule has 4 nitrogen and oxygen atoms in total. The molecule has 0 amide bonds. The lowest BCUT2D eigenvalue weighted by Crippen LogP contribution is -2.48. The minimum Gasteiger partial charge on any atom is -0.342 e. The van der Waals surface area contributed by atoms with Gasteiger partial charge in [0.1, 0.15) is 5.82 Å². The molecule has 0 saturated carbocycles. The average molecular weight is 244 g/mol. The van der Waals surface area contributed by atoms with E-state index in [0.717, 1.165) is 49.5 Å². The van der Waals surface area contributed by atoms with Crippen LogP contribution in [0.2, 0.25) is 0 Å². The lowest BCUT2D eigenvalue weighted by Gasteiger charge is -2.32. The van der Waals surface area contributed by atoms with Crippen LogP contribution < -0.4 is 5.32 Å². The van der Waals surface area contributed by atoms with Crippen molar-refractivity contribution in [3.8, 4) is 0 Å². The number of H-pyrrole nitrogens is 1. The van der Waals surface area contributed by atoms with Crippen LogP contribution in [-0.2, 0) is 6.42 Å². The van der Waals surface area contributed by atoms with Gasteiger partial charge in [0.25, 0.3) is 0 Å². The predicted octanol–water partition coefficient (Wildman–Crippen LogP) is 1.40. The Morgan fingerprint density at radius 1 is 1.28 bits per heavy atom. The van der Waals surface area contributed by atoms with Gasteiger partial charge in [-0.05, 0) is 19.1 Å². The van der Waals surface area contributed by atoms with Gasteiger partial charge in [0.05, 0.1) is 11.0 Å². The quantitative estimate of drug-likeness (QED) is 0.858. The van der Waals surface area contributed by atoms with Crippen LogP contribution in [0, 0.1) is 0 Å². The van der Waals surface area contributed by atoms with Crippen LogP contribution in [0.3, 0.4) is 0 Å². The number of aromatic amines is 1. The van der Waals surface area contributed by atoms with Crippen molar-refractivity contribution in [3.05, 3.63) is 30.1 Å². The van der Waals surface area contributed by atoms with E-state index in [1.54, 1.807) is 0 Å². The Kier molecular flexibility index (Phi) is 3.30. The molecular formula is C14H20N4. The van der Waals surface area contributed by atoms with Crippen LogP contribution in [0.15, 0.2) is 24.3 Å². The first-order valence-corrected chi connectivity index (χ1v) is 6.71. The van der Waals surface area contributed by atoms with Crippen molar-refractivity contribution in [2.45, 2.75) is 19.4 Å². The number of nitrogens with one attached hydrogen (secondary N) is 2. The van der Waals surface area contributed by atoms with E-state index in [2.05, 4.69) is 39.2 Å². The number of benzene rings is 1. The van der Waals surface area contributed by atoms with E-state index in [0.29, 0.717) is 6.04 Å². The largest absolute Gasteiger partial charge is 0.342 e. The summed E-state index contributed by atoms with van der Waals surface area (Å²) >= 11 is 0. The maximum absolute atomic E-state index is 4.65. The summed E-state index contributed by atoms with van der Waals surface area (Å²) in [4.78, 5) is 10.6. The second-order valence-corrected chi connectivity index (χ2v) is 5.04. The lowest BCUT2D eigenvalue weighted by atomic mass is 10.2. The molecule has 3 rings (SSSR count). The van der Waals surface area contributed by atoms with Gasteiger partial charge in [0, 0.05) is 38.6 Å². The van der Waals surface area contributed by atoms with Crippen LogP contribution in [0.1, 0.15) is 12.7 Å². The highest BCUT2D eigenvalue weighted by atomic mass is 15.2. The first kappa shape index (κ1) is 11.7. The average Bonchev–Trinajstić information content (AvgIpc) is 2.82. The number of nitrogens with zero attached hydrogens (tertiary/aromatic N) is 2. The molecule has 1 fully saturated rings. The Morgan fingerprint density at radius 3 is 2.83 bits per heavy atom. The van der Waals surface area contributed by atoms with E-state index in [9.17, 15) is 0 Å². The van der Waals surface area contributed by atoms with Gasteiger partial charge >= 0.3 is 0 Å². The summed E-state index contributed by atoms with van der Waals surface area (Å²) in [6, 6.07) is 8.77. The number of imidazole rings is 1. The number of piperazine rings is 1. The molecule has 1 atom stereocenters. The maximum Gasteiger partial charge on any atom is 0.108 e. The van der Waals surface area contributed by atoms with Crippen LogP contribution in [0.5, 0.6) is 0 Å². The van der Waals surface area contributed by atoms with Crippen molar-refractivity contribution in [1.29, 1.82) is 0 Å². The SMILES string of the molecule is CC(Cc1nc2ccccc2[nH]1)N1CCNCC1. The first-order valence-electron chi connectivity index (χ1n) is 6.71. The number of fused-ring (bicyclic) bond motifs is 1. The van der Waals surface area contributed by atoms with Crippen molar-refractivity contribution in [2.75, 3.05) is 26.2 Å². The topological polar surface area (TPSA) is 44.0 Å². The normalized spacial score (nSPS) is 19.2. The number of hydrogen-bond donors (Lipinski definition) is 2. The molecule has 1 aromatic heterocycles. The third-order valence-electron chi connectivity index (χ3n) is 3.70. The minimum absolute atomic E-state index is 0.549. The monoisotopic (exact) mass is 244 g/mol. The standard InChI is InChI=1S/C14H20N4/c1-11(18-8-6-15-7-9-18)10-14-16-12-4-2-3-5-13(12)17-14/h2-5,11,15H,6-10H2,1H3,(H,16,17). The van der Waals surface area contributed by atoms with E-state index in [1.807, 2.05) is 12.1 Å². The molecular weight excluding hydrogens is 224 g/mol. The van der Waals surface area contributed by atoms with Crippen molar-refractivity contribution < 1.29 is 0 Å². The molecule has 1 aliphatic rings. The Bertz CT molecular complexity index is 480. The first-order chi connectivity index (χ1) is 8.83. The number of hydrogen-bond acceptors (Lipinski definition) is 3. The molecule has 2 aromatic rings. The molecule has 18 heavy (non-hydrogen) atoms. The zero-order chi connectivity index (χ0) is 12.4. The summed E-state index contributed by atoms with van der Waals surface area (Å²) in [5, 5.41) is 3.39. The van der Waals surface area contributed by atoms with E-state index in [1.165, 1.54) is 0 Å². The van der Waals surface area contributed by atoms with Gasteiger partial charge < -0.3 is 10.3 Å². The van der Waals surface area contributed by atoms with Crippen LogP contribution in [-0.4, -0.2) is 47.1 Å². The van der Waals surface area contributed by atoms with Crippen molar-refractivity contribution >= 4 is 11.0 Å². The van der Waals surface area contributed by atoms with E-state index in [4.69, 9.17) is 0 Å². The van der Waals surface area contributed by atoms with Crippen molar-refractivity contribution in [2.24, 2.45) is 0 Å². The Hall–Kier alpha value is -1.39. The smallest absolute Gasteiger partial charge is 0.108 e. The summed E-state index contributed by atoms with van der Waals surface area (Å²) in [6.07, 6.45) is 0.995. The molecule has 96 valence electrons. The maximum atomic E-state index is 4.65. The third-order valence-corrected chi connectivity index (χ3v) is 3.70. The van der Waals surface area contributed by atoms with Gasteiger partial charge in [-0.25, -0.2) is 4.98 Å². The van der Waals surface area contributed by atoms with Crippen LogP contribution in [0.25, 0.3) is 11.0 Å². The third kappa shape index (κ3) is 2.40. The molecule has 0 spiro atoms. The van der Waals surface area contributed by atoms with E-state index < -0.39 is 0 Å². The summed E-state index contributed by atoms with van der Waals surface area (Å²) in [6.45, 7) is 6.77. The van der Waals surface area contributed by atoms with Gasteiger partial charge in [-0.3, -0.25) is 4.90 Å². The Balaban J connectivity index is 1.71. The van der Waals surface area contributed by atoms with Crippen molar-refractivity contribution in [3.63, 3.8) is 0 Å². The van der Waals surface area contributed by atoms with Gasteiger partial charge in [-0.15, -0.1) is 0 Å². The molecule has 2 N–H and O–H groups in total. The Labute approximate surface area is 107 Å². The fourth-order valence-electron chi connectivity index (χ4n) is 2.63. The number of para-hydroxylation sites is 2. The van der Waals surface area contributed by atoms with Gasteiger partial charge in [-0.1, -0.05) is 12.1 Å². The molecule has 2 heterocycles. The predicted molar refractivity (Wildman–Crippen MR) is 73.7 cm³/mol. The molecule has 0 aliphatic carbocycles. The van der Waals surface area contributed by atoms with Gasteiger partial charge in [0.2, 0.25) is 0 Å². The Morgan fingerprint density at radius 2 is 2.06 bits per heavy atom. The zero-order valence-electron chi connectivity index (χ0n) is 10.8. The second-order valence-electron chi connectivity index (χ2n) is 5.04. The summed E-state index contributed by atoms with van der Waals surface area (Å²) < 4.78 is 0. The molecule has 1 saturated heterocycles. The molecule has 1 unspecified atom stereocenters. The summed E-state index contributed by atoms with van der Waals surface area (Å²) in [7, 11) is 0. The van der Waals surface area contributed by atoms with E-state index >= 15 is 0 Å². The summed E-state index contributed by atoms with van der Waals surface area (Å²) in [5.41, 5.74) is 2.21. The fourth-order valence-corrected chi connectivity index (χ4v) is 2.63. The molecule has 4 heteroatoms. The zero-order valence-corrected chi connectivity index (χ0v) is 10.8. The molecule has 1 aliphatic heterocycles. The lowest BCUT2D eigenvalue weighted by molar-refractivity contribution is 0.182. The number of aromatic nitrogens is 2.